The molecule has 0 aliphatic rings. The van der Waals surface area contributed by atoms with Crippen LogP contribution in [0.25, 0.3) is 0 Å². The second-order valence-electron chi connectivity index (χ2n) is 3.27. The van der Waals surface area contributed by atoms with E-state index in [9.17, 15) is 19.7 Å². The van der Waals surface area contributed by atoms with Gasteiger partial charge in [0.1, 0.15) is 0 Å². The van der Waals surface area contributed by atoms with Gasteiger partial charge in [-0.2, -0.15) is 0 Å². The summed E-state index contributed by atoms with van der Waals surface area (Å²) < 4.78 is 0. The molecule has 8 heteroatoms. The molecule has 0 aliphatic carbocycles. The number of amides is 1. The minimum atomic E-state index is -1.24. The van der Waals surface area contributed by atoms with Gasteiger partial charge in [-0.25, -0.2) is 10.3 Å². The summed E-state index contributed by atoms with van der Waals surface area (Å²) in [4.78, 5) is 35.9. The first-order chi connectivity index (χ1) is 8.50. The fourth-order valence-electron chi connectivity index (χ4n) is 1.23. The SMILES string of the molecule is O=C(O)CONC(=O)Cc1ccccc1[N+](=O)[O-]. The van der Waals surface area contributed by atoms with Gasteiger partial charge in [0.2, 0.25) is 5.91 Å². The number of nitro benzene ring substituents is 1. The van der Waals surface area contributed by atoms with Crippen molar-refractivity contribution in [3.8, 4) is 0 Å². The van der Waals surface area contributed by atoms with Crippen LogP contribution in [0.15, 0.2) is 24.3 Å². The maximum Gasteiger partial charge on any atom is 0.332 e. The van der Waals surface area contributed by atoms with Gasteiger partial charge < -0.3 is 5.11 Å². The molecule has 0 spiro atoms. The van der Waals surface area contributed by atoms with Crippen molar-refractivity contribution in [2.75, 3.05) is 6.61 Å². The van der Waals surface area contributed by atoms with E-state index in [1.165, 1.54) is 18.2 Å². The number of rotatable bonds is 6. The molecular weight excluding hydrogens is 244 g/mol. The Labute approximate surface area is 101 Å². The monoisotopic (exact) mass is 254 g/mol. The van der Waals surface area contributed by atoms with Crippen LogP contribution in [0.5, 0.6) is 0 Å². The van der Waals surface area contributed by atoms with Gasteiger partial charge in [-0.3, -0.25) is 19.7 Å². The predicted octanol–water partition coefficient (Wildman–Crippen LogP) is 0.270. The highest BCUT2D eigenvalue weighted by molar-refractivity contribution is 5.79. The lowest BCUT2D eigenvalue weighted by atomic mass is 10.1. The number of aliphatic carboxylic acids is 1. The van der Waals surface area contributed by atoms with Crippen molar-refractivity contribution in [3.63, 3.8) is 0 Å². The van der Waals surface area contributed by atoms with Crippen molar-refractivity contribution in [1.82, 2.24) is 5.48 Å². The Bertz CT molecular complexity index is 473. The number of nitro groups is 1. The number of hydroxylamine groups is 1. The molecule has 0 atom stereocenters. The summed E-state index contributed by atoms with van der Waals surface area (Å²) in [5, 5.41) is 18.9. The topological polar surface area (TPSA) is 119 Å². The zero-order valence-corrected chi connectivity index (χ0v) is 9.16. The van der Waals surface area contributed by atoms with E-state index in [1.807, 2.05) is 5.48 Å². The number of carboxylic acid groups (broad SMARTS) is 1. The first-order valence-electron chi connectivity index (χ1n) is 4.85. The van der Waals surface area contributed by atoms with Crippen molar-refractivity contribution >= 4 is 17.6 Å². The summed E-state index contributed by atoms with van der Waals surface area (Å²) >= 11 is 0. The molecule has 0 unspecified atom stereocenters. The summed E-state index contributed by atoms with van der Waals surface area (Å²) in [6, 6.07) is 5.77. The number of carbonyl (C=O) groups excluding carboxylic acids is 1. The minimum absolute atomic E-state index is 0.175. The van der Waals surface area contributed by atoms with Gasteiger partial charge in [-0.15, -0.1) is 0 Å². The van der Waals surface area contributed by atoms with Crippen molar-refractivity contribution < 1.29 is 24.5 Å². The van der Waals surface area contributed by atoms with E-state index in [0.717, 1.165) is 0 Å². The molecule has 96 valence electrons. The lowest BCUT2D eigenvalue weighted by molar-refractivity contribution is -0.385. The zero-order valence-electron chi connectivity index (χ0n) is 9.16. The lowest BCUT2D eigenvalue weighted by Gasteiger charge is -2.04. The molecule has 0 bridgehead atoms. The largest absolute Gasteiger partial charge is 0.479 e. The maximum atomic E-state index is 11.3. The molecule has 1 amide bonds. The van der Waals surface area contributed by atoms with Crippen LogP contribution >= 0.6 is 0 Å². The molecule has 0 aliphatic heterocycles. The highest BCUT2D eigenvalue weighted by Gasteiger charge is 2.15. The third-order valence-electron chi connectivity index (χ3n) is 1.92. The van der Waals surface area contributed by atoms with E-state index in [-0.39, 0.29) is 17.7 Å². The Balaban J connectivity index is 2.59. The van der Waals surface area contributed by atoms with Crippen molar-refractivity contribution in [2.24, 2.45) is 0 Å². The third-order valence-corrected chi connectivity index (χ3v) is 1.92. The molecule has 1 rings (SSSR count). The van der Waals surface area contributed by atoms with Crippen LogP contribution in [0, 0.1) is 10.1 Å². The first-order valence-corrected chi connectivity index (χ1v) is 4.85. The zero-order chi connectivity index (χ0) is 13.5. The van der Waals surface area contributed by atoms with E-state index in [2.05, 4.69) is 4.84 Å². The minimum Gasteiger partial charge on any atom is -0.479 e. The van der Waals surface area contributed by atoms with Crippen LogP contribution in [0.3, 0.4) is 0 Å². The summed E-state index contributed by atoms with van der Waals surface area (Å²) in [7, 11) is 0. The fourth-order valence-corrected chi connectivity index (χ4v) is 1.23. The molecule has 1 aromatic carbocycles. The van der Waals surface area contributed by atoms with Gasteiger partial charge in [-0.05, 0) is 0 Å². The van der Waals surface area contributed by atoms with Gasteiger partial charge in [0.05, 0.1) is 11.3 Å². The molecule has 18 heavy (non-hydrogen) atoms. The van der Waals surface area contributed by atoms with Gasteiger partial charge in [0.25, 0.3) is 5.69 Å². The van der Waals surface area contributed by atoms with Crippen molar-refractivity contribution in [2.45, 2.75) is 6.42 Å². The Morgan fingerprint density at radius 2 is 2.06 bits per heavy atom. The molecule has 0 saturated carbocycles. The molecule has 0 fully saturated rings. The van der Waals surface area contributed by atoms with Gasteiger partial charge in [-0.1, -0.05) is 18.2 Å². The van der Waals surface area contributed by atoms with E-state index in [0.29, 0.717) is 0 Å². The molecule has 1 aromatic rings. The van der Waals surface area contributed by atoms with Crippen LogP contribution in [0.2, 0.25) is 0 Å². The summed E-state index contributed by atoms with van der Waals surface area (Å²) in [6.07, 6.45) is -0.267. The van der Waals surface area contributed by atoms with Gasteiger partial charge in [0.15, 0.2) is 6.61 Å². The molecule has 2 N–H and O–H groups in total. The normalized spacial score (nSPS) is 9.78. The average Bonchev–Trinajstić information content (AvgIpc) is 2.28. The summed E-state index contributed by atoms with van der Waals surface area (Å²) in [6.45, 7) is -0.678. The number of carboxylic acids is 1. The Morgan fingerprint density at radius 3 is 2.67 bits per heavy atom. The maximum absolute atomic E-state index is 11.3. The molecular formula is C10H10N2O6. The number of hydrogen-bond acceptors (Lipinski definition) is 5. The predicted molar refractivity (Wildman–Crippen MR) is 58.5 cm³/mol. The summed E-state index contributed by atoms with van der Waals surface area (Å²) in [5.74, 6) is -1.90. The van der Waals surface area contributed by atoms with Crippen molar-refractivity contribution in [3.05, 3.63) is 39.9 Å². The number of carbonyl (C=O) groups is 2. The van der Waals surface area contributed by atoms with Gasteiger partial charge in [0, 0.05) is 11.6 Å². The Hall–Kier alpha value is -2.48. The van der Waals surface area contributed by atoms with Crippen LogP contribution < -0.4 is 5.48 Å². The van der Waals surface area contributed by atoms with E-state index >= 15 is 0 Å². The van der Waals surface area contributed by atoms with Gasteiger partial charge >= 0.3 is 5.97 Å². The lowest BCUT2D eigenvalue weighted by Crippen LogP contribution is -2.28. The van der Waals surface area contributed by atoms with E-state index in [1.54, 1.807) is 6.07 Å². The van der Waals surface area contributed by atoms with Crippen molar-refractivity contribution in [1.29, 1.82) is 0 Å². The average molecular weight is 254 g/mol. The highest BCUT2D eigenvalue weighted by atomic mass is 16.7. The highest BCUT2D eigenvalue weighted by Crippen LogP contribution is 2.17. The number of benzene rings is 1. The van der Waals surface area contributed by atoms with Crippen LogP contribution in [0.1, 0.15) is 5.56 Å². The summed E-state index contributed by atoms with van der Waals surface area (Å²) in [5.41, 5.74) is 1.93. The number of nitrogens with zero attached hydrogens (tertiary/aromatic N) is 1. The Kier molecular flexibility index (Phi) is 4.76. The number of para-hydroxylation sites is 1. The van der Waals surface area contributed by atoms with Crippen LogP contribution in [0.4, 0.5) is 5.69 Å². The first kappa shape index (κ1) is 13.6. The smallest absolute Gasteiger partial charge is 0.332 e. The quantitative estimate of drug-likeness (QED) is 0.555. The van der Waals surface area contributed by atoms with Crippen LogP contribution in [-0.4, -0.2) is 28.5 Å². The molecule has 0 heterocycles. The molecule has 0 aromatic heterocycles. The van der Waals surface area contributed by atoms with E-state index < -0.39 is 23.4 Å². The Morgan fingerprint density at radius 1 is 1.39 bits per heavy atom. The van der Waals surface area contributed by atoms with Crippen LogP contribution in [-0.2, 0) is 20.8 Å². The molecule has 0 saturated heterocycles. The standard InChI is InChI=1S/C10H10N2O6/c13-9(11-18-6-10(14)15)5-7-3-1-2-4-8(7)12(16)17/h1-4H,5-6H2,(H,11,13)(H,14,15). The second kappa shape index (κ2) is 6.30. The third kappa shape index (κ3) is 4.18. The molecule has 8 nitrogen and oxygen atoms in total. The number of hydrogen-bond donors (Lipinski definition) is 2. The molecule has 0 radical (unpaired) electrons. The van der Waals surface area contributed by atoms with E-state index in [4.69, 9.17) is 5.11 Å². The number of nitrogens with one attached hydrogen (secondary N) is 1. The fraction of sp³-hybridized carbons (Fsp3) is 0.200. The second-order valence-corrected chi connectivity index (χ2v) is 3.27.